The lowest BCUT2D eigenvalue weighted by molar-refractivity contribution is -0.116. The molecule has 2 aromatic carbocycles. The first kappa shape index (κ1) is 18.9. The molecular formula is C21H20ClNO4. The normalized spacial score (nSPS) is 10.5. The van der Waals surface area contributed by atoms with E-state index in [0.717, 1.165) is 17.1 Å². The number of furan rings is 1. The summed E-state index contributed by atoms with van der Waals surface area (Å²) in [4.78, 5) is 12.3. The molecule has 0 saturated carbocycles. The second-order valence-corrected chi connectivity index (χ2v) is 6.27. The first-order chi connectivity index (χ1) is 13.1. The number of carbonyl (C=O) groups excluding carboxylic acids is 1. The fraction of sp³-hybridized carbons (Fsp3) is 0.190. The number of hydrogen-bond donors (Lipinski definition) is 1. The van der Waals surface area contributed by atoms with Crippen LogP contribution in [0, 0.1) is 0 Å². The van der Waals surface area contributed by atoms with Crippen molar-refractivity contribution in [3.05, 3.63) is 65.4 Å². The molecule has 0 aliphatic carbocycles. The van der Waals surface area contributed by atoms with Gasteiger partial charge in [-0.15, -0.1) is 0 Å². The van der Waals surface area contributed by atoms with Gasteiger partial charge in [0.15, 0.2) is 11.5 Å². The lowest BCUT2D eigenvalue weighted by Gasteiger charge is -2.12. The van der Waals surface area contributed by atoms with Gasteiger partial charge in [0.25, 0.3) is 0 Å². The van der Waals surface area contributed by atoms with Crippen molar-refractivity contribution in [2.24, 2.45) is 0 Å². The van der Waals surface area contributed by atoms with Crippen molar-refractivity contribution in [3.63, 3.8) is 0 Å². The monoisotopic (exact) mass is 385 g/mol. The van der Waals surface area contributed by atoms with Crippen molar-refractivity contribution in [1.82, 2.24) is 0 Å². The number of anilines is 1. The zero-order chi connectivity index (χ0) is 19.2. The smallest absolute Gasteiger partial charge is 0.224 e. The Morgan fingerprint density at radius 3 is 2.44 bits per heavy atom. The fourth-order valence-electron chi connectivity index (χ4n) is 2.67. The van der Waals surface area contributed by atoms with E-state index < -0.39 is 0 Å². The third-order valence-corrected chi connectivity index (χ3v) is 4.38. The number of nitrogens with one attached hydrogen (secondary N) is 1. The molecule has 1 amide bonds. The Kier molecular flexibility index (Phi) is 6.04. The molecule has 1 N–H and O–H groups in total. The molecule has 3 rings (SSSR count). The van der Waals surface area contributed by atoms with Crippen molar-refractivity contribution >= 4 is 23.2 Å². The van der Waals surface area contributed by atoms with Crippen LogP contribution in [0.1, 0.15) is 12.2 Å². The summed E-state index contributed by atoms with van der Waals surface area (Å²) in [6.07, 6.45) is 0.760. The summed E-state index contributed by atoms with van der Waals surface area (Å²) >= 11 is 6.20. The summed E-state index contributed by atoms with van der Waals surface area (Å²) in [6.45, 7) is 0. The van der Waals surface area contributed by atoms with Crippen LogP contribution in [0.4, 0.5) is 5.69 Å². The van der Waals surface area contributed by atoms with E-state index in [4.69, 9.17) is 25.5 Å². The molecule has 0 atom stereocenters. The SMILES string of the molecule is COc1cc(Cl)c(NC(=O)CCc2ccc(-c3ccccc3)o2)cc1OC. The summed E-state index contributed by atoms with van der Waals surface area (Å²) in [5, 5.41) is 3.18. The number of ether oxygens (including phenoxy) is 2. The molecule has 5 nitrogen and oxygen atoms in total. The summed E-state index contributed by atoms with van der Waals surface area (Å²) < 4.78 is 16.2. The molecular weight excluding hydrogens is 366 g/mol. The molecule has 0 aliphatic rings. The highest BCUT2D eigenvalue weighted by atomic mass is 35.5. The van der Waals surface area contributed by atoms with Gasteiger partial charge in [0.2, 0.25) is 5.91 Å². The highest BCUT2D eigenvalue weighted by Gasteiger charge is 2.13. The largest absolute Gasteiger partial charge is 0.493 e. The minimum Gasteiger partial charge on any atom is -0.493 e. The maximum Gasteiger partial charge on any atom is 0.224 e. The topological polar surface area (TPSA) is 60.7 Å². The minimum absolute atomic E-state index is 0.165. The Hall–Kier alpha value is -2.92. The molecule has 1 heterocycles. The third-order valence-electron chi connectivity index (χ3n) is 4.07. The first-order valence-corrected chi connectivity index (χ1v) is 8.84. The van der Waals surface area contributed by atoms with Gasteiger partial charge in [0.1, 0.15) is 11.5 Å². The molecule has 1 aromatic heterocycles. The van der Waals surface area contributed by atoms with E-state index >= 15 is 0 Å². The third kappa shape index (κ3) is 4.63. The molecule has 140 valence electrons. The average Bonchev–Trinajstić information content (AvgIpc) is 3.17. The van der Waals surface area contributed by atoms with Crippen LogP contribution in [-0.4, -0.2) is 20.1 Å². The van der Waals surface area contributed by atoms with Crippen molar-refractivity contribution in [2.45, 2.75) is 12.8 Å². The number of halogens is 1. The van der Waals surface area contributed by atoms with Crippen LogP contribution >= 0.6 is 11.6 Å². The van der Waals surface area contributed by atoms with Gasteiger partial charge in [-0.3, -0.25) is 4.79 Å². The van der Waals surface area contributed by atoms with E-state index in [-0.39, 0.29) is 12.3 Å². The quantitative estimate of drug-likeness (QED) is 0.608. The van der Waals surface area contributed by atoms with E-state index in [1.807, 2.05) is 42.5 Å². The molecule has 0 saturated heterocycles. The first-order valence-electron chi connectivity index (χ1n) is 8.46. The van der Waals surface area contributed by atoms with Crippen molar-refractivity contribution in [3.8, 4) is 22.8 Å². The number of methoxy groups -OCH3 is 2. The van der Waals surface area contributed by atoms with E-state index in [1.165, 1.54) is 14.2 Å². The lowest BCUT2D eigenvalue weighted by Crippen LogP contribution is -2.12. The Morgan fingerprint density at radius 2 is 1.74 bits per heavy atom. The molecule has 0 fully saturated rings. The Morgan fingerprint density at radius 1 is 1.04 bits per heavy atom. The summed E-state index contributed by atoms with van der Waals surface area (Å²) in [7, 11) is 3.05. The standard InChI is InChI=1S/C21H20ClNO4/c1-25-19-12-16(22)17(13-20(19)26-2)23-21(24)11-9-15-8-10-18(27-15)14-6-4-3-5-7-14/h3-8,10,12-13H,9,11H2,1-2H3,(H,23,24). The van der Waals surface area contributed by atoms with Crippen LogP contribution in [0.5, 0.6) is 11.5 Å². The number of amides is 1. The van der Waals surface area contributed by atoms with E-state index in [9.17, 15) is 4.79 Å². The van der Waals surface area contributed by atoms with Crippen molar-refractivity contribution in [2.75, 3.05) is 19.5 Å². The molecule has 0 radical (unpaired) electrons. The molecule has 0 aliphatic heterocycles. The molecule has 0 bridgehead atoms. The van der Waals surface area contributed by atoms with Gasteiger partial charge in [-0.2, -0.15) is 0 Å². The number of hydrogen-bond acceptors (Lipinski definition) is 4. The van der Waals surface area contributed by atoms with E-state index in [2.05, 4.69) is 5.32 Å². The Balaban J connectivity index is 1.61. The van der Waals surface area contributed by atoms with Crippen LogP contribution in [-0.2, 0) is 11.2 Å². The summed E-state index contributed by atoms with van der Waals surface area (Å²) in [6, 6.07) is 16.9. The minimum atomic E-state index is -0.165. The second kappa shape index (κ2) is 8.64. The van der Waals surface area contributed by atoms with Crippen LogP contribution in [0.25, 0.3) is 11.3 Å². The van der Waals surface area contributed by atoms with Crippen LogP contribution in [0.15, 0.2) is 59.0 Å². The van der Waals surface area contributed by atoms with E-state index in [1.54, 1.807) is 12.1 Å². The van der Waals surface area contributed by atoms with Crippen molar-refractivity contribution < 1.29 is 18.7 Å². The zero-order valence-electron chi connectivity index (χ0n) is 15.1. The maximum atomic E-state index is 12.3. The molecule has 27 heavy (non-hydrogen) atoms. The predicted octanol–water partition coefficient (Wildman–Crippen LogP) is 5.19. The number of rotatable bonds is 7. The van der Waals surface area contributed by atoms with Gasteiger partial charge in [0.05, 0.1) is 24.9 Å². The number of carbonyl (C=O) groups is 1. The molecule has 3 aromatic rings. The fourth-order valence-corrected chi connectivity index (χ4v) is 2.87. The Bertz CT molecular complexity index is 921. The summed E-state index contributed by atoms with van der Waals surface area (Å²) in [5.41, 5.74) is 1.48. The number of benzene rings is 2. The van der Waals surface area contributed by atoms with E-state index in [0.29, 0.717) is 28.6 Å². The highest BCUT2D eigenvalue weighted by molar-refractivity contribution is 6.34. The molecule has 0 spiro atoms. The van der Waals surface area contributed by atoms with Crippen LogP contribution in [0.3, 0.4) is 0 Å². The van der Waals surface area contributed by atoms with Gasteiger partial charge in [-0.25, -0.2) is 0 Å². The predicted molar refractivity (Wildman–Crippen MR) is 106 cm³/mol. The Labute approximate surface area is 162 Å². The average molecular weight is 386 g/mol. The maximum absolute atomic E-state index is 12.3. The van der Waals surface area contributed by atoms with Gasteiger partial charge < -0.3 is 19.2 Å². The van der Waals surface area contributed by atoms with Gasteiger partial charge in [-0.05, 0) is 12.1 Å². The van der Waals surface area contributed by atoms with Crippen molar-refractivity contribution in [1.29, 1.82) is 0 Å². The summed E-state index contributed by atoms with van der Waals surface area (Å²) in [5.74, 6) is 2.37. The molecule has 6 heteroatoms. The van der Waals surface area contributed by atoms with Gasteiger partial charge >= 0.3 is 0 Å². The lowest BCUT2D eigenvalue weighted by atomic mass is 10.2. The second-order valence-electron chi connectivity index (χ2n) is 5.87. The highest BCUT2D eigenvalue weighted by Crippen LogP contribution is 2.36. The van der Waals surface area contributed by atoms with Crippen LogP contribution in [0.2, 0.25) is 5.02 Å². The molecule has 0 unspecified atom stereocenters. The van der Waals surface area contributed by atoms with Crippen LogP contribution < -0.4 is 14.8 Å². The number of aryl methyl sites for hydroxylation is 1. The van der Waals surface area contributed by atoms with Gasteiger partial charge in [0, 0.05) is 30.5 Å². The zero-order valence-corrected chi connectivity index (χ0v) is 15.9. The van der Waals surface area contributed by atoms with Gasteiger partial charge in [-0.1, -0.05) is 41.9 Å².